The number of amides is 2. The fourth-order valence-corrected chi connectivity index (χ4v) is 3.13. The minimum absolute atomic E-state index is 0.142. The van der Waals surface area contributed by atoms with Crippen molar-refractivity contribution in [2.75, 3.05) is 0 Å². The summed E-state index contributed by atoms with van der Waals surface area (Å²) >= 11 is 7.14. The van der Waals surface area contributed by atoms with Gasteiger partial charge in [-0.25, -0.2) is 0 Å². The third-order valence-corrected chi connectivity index (χ3v) is 4.83. The van der Waals surface area contributed by atoms with E-state index in [0.717, 1.165) is 12.0 Å². The van der Waals surface area contributed by atoms with Crippen molar-refractivity contribution in [2.45, 2.75) is 44.5 Å². The molecule has 1 aromatic carbocycles. The zero-order chi connectivity index (χ0) is 16.8. The maximum absolute atomic E-state index is 12.0. The van der Waals surface area contributed by atoms with Crippen LogP contribution in [0.15, 0.2) is 29.3 Å². The molecule has 0 spiro atoms. The van der Waals surface area contributed by atoms with Gasteiger partial charge in [0, 0.05) is 24.0 Å². The van der Waals surface area contributed by atoms with E-state index in [1.54, 1.807) is 12.1 Å². The lowest BCUT2D eigenvalue weighted by molar-refractivity contribution is -0.125. The highest BCUT2D eigenvalue weighted by molar-refractivity contribution is 8.15. The first kappa shape index (κ1) is 17.8. The largest absolute Gasteiger partial charge is 0.352 e. The Hall–Kier alpha value is -1.53. The maximum Gasteiger partial charge on any atom is 0.240 e. The van der Waals surface area contributed by atoms with E-state index in [1.165, 1.54) is 11.8 Å². The molecule has 0 aliphatic carbocycles. The summed E-state index contributed by atoms with van der Waals surface area (Å²) in [5.41, 5.74) is 0.963. The molecular formula is C16H20ClN3O2S. The van der Waals surface area contributed by atoms with E-state index in [4.69, 9.17) is 11.6 Å². The van der Waals surface area contributed by atoms with Gasteiger partial charge < -0.3 is 10.6 Å². The lowest BCUT2D eigenvalue weighted by Crippen LogP contribution is -2.31. The number of carbonyl (C=O) groups excluding carboxylic acids is 2. The molecule has 2 N–H and O–H groups in total. The van der Waals surface area contributed by atoms with E-state index in [1.807, 2.05) is 26.0 Å². The van der Waals surface area contributed by atoms with Crippen LogP contribution in [-0.4, -0.2) is 28.3 Å². The molecule has 1 aliphatic rings. The minimum Gasteiger partial charge on any atom is -0.352 e. The molecule has 5 nitrogen and oxygen atoms in total. The first-order valence-corrected chi connectivity index (χ1v) is 8.80. The summed E-state index contributed by atoms with van der Waals surface area (Å²) < 4.78 is 0. The number of thioether (sulfide) groups is 1. The average molecular weight is 354 g/mol. The predicted molar refractivity (Wildman–Crippen MR) is 94.6 cm³/mol. The Morgan fingerprint density at radius 2 is 2.13 bits per heavy atom. The number of halogens is 1. The van der Waals surface area contributed by atoms with Crippen molar-refractivity contribution < 1.29 is 9.59 Å². The Morgan fingerprint density at radius 1 is 1.43 bits per heavy atom. The van der Waals surface area contributed by atoms with E-state index in [9.17, 15) is 9.59 Å². The normalized spacial score (nSPS) is 20.4. The number of benzene rings is 1. The van der Waals surface area contributed by atoms with Crippen LogP contribution in [0.2, 0.25) is 5.02 Å². The Labute approximate surface area is 145 Å². The van der Waals surface area contributed by atoms with E-state index in [2.05, 4.69) is 15.6 Å². The predicted octanol–water partition coefficient (Wildman–Crippen LogP) is 2.73. The molecule has 1 saturated heterocycles. The summed E-state index contributed by atoms with van der Waals surface area (Å²) in [7, 11) is 0. The third kappa shape index (κ3) is 5.55. The molecule has 0 bridgehead atoms. The Kier molecular flexibility index (Phi) is 6.47. The summed E-state index contributed by atoms with van der Waals surface area (Å²) in [5.74, 6) is -0.309. The van der Waals surface area contributed by atoms with Gasteiger partial charge in [0.25, 0.3) is 0 Å². The van der Waals surface area contributed by atoms with E-state index in [-0.39, 0.29) is 24.3 Å². The molecule has 2 atom stereocenters. The number of aliphatic imine (C=N–C) groups is 1. The average Bonchev–Trinajstić information content (AvgIpc) is 2.86. The van der Waals surface area contributed by atoms with Crippen LogP contribution in [0.5, 0.6) is 0 Å². The van der Waals surface area contributed by atoms with Crippen molar-refractivity contribution in [3.63, 3.8) is 0 Å². The van der Waals surface area contributed by atoms with E-state index >= 15 is 0 Å². The van der Waals surface area contributed by atoms with Gasteiger partial charge >= 0.3 is 0 Å². The van der Waals surface area contributed by atoms with Gasteiger partial charge in [0.15, 0.2) is 5.17 Å². The molecule has 7 heteroatoms. The molecule has 0 aromatic heterocycles. The zero-order valence-electron chi connectivity index (χ0n) is 13.1. The molecule has 2 rings (SSSR count). The van der Waals surface area contributed by atoms with Crippen molar-refractivity contribution in [1.82, 2.24) is 10.6 Å². The number of nitrogens with zero attached hydrogens (tertiary/aromatic N) is 1. The Balaban J connectivity index is 1.82. The van der Waals surface area contributed by atoms with Crippen LogP contribution in [-0.2, 0) is 16.1 Å². The topological polar surface area (TPSA) is 70.6 Å². The molecule has 1 fully saturated rings. The van der Waals surface area contributed by atoms with Crippen LogP contribution < -0.4 is 10.6 Å². The lowest BCUT2D eigenvalue weighted by atomic mass is 10.2. The molecule has 124 valence electrons. The van der Waals surface area contributed by atoms with Crippen molar-refractivity contribution in [3.8, 4) is 0 Å². The highest BCUT2D eigenvalue weighted by Crippen LogP contribution is 2.23. The minimum atomic E-state index is -0.414. The molecule has 1 aromatic rings. The van der Waals surface area contributed by atoms with Crippen LogP contribution in [0, 0.1) is 0 Å². The third-order valence-electron chi connectivity index (χ3n) is 3.48. The molecule has 23 heavy (non-hydrogen) atoms. The number of carbonyl (C=O) groups is 2. The molecular weight excluding hydrogens is 334 g/mol. The van der Waals surface area contributed by atoms with Gasteiger partial charge in [-0.3, -0.25) is 14.6 Å². The van der Waals surface area contributed by atoms with Gasteiger partial charge in [0.05, 0.1) is 0 Å². The highest BCUT2D eigenvalue weighted by atomic mass is 35.5. The van der Waals surface area contributed by atoms with Crippen molar-refractivity contribution in [2.24, 2.45) is 4.99 Å². The van der Waals surface area contributed by atoms with Crippen LogP contribution in [0.25, 0.3) is 0 Å². The highest BCUT2D eigenvalue weighted by Gasteiger charge is 2.32. The first-order chi connectivity index (χ1) is 11.0. The SMILES string of the molecule is CC[C@H](C)N=C1NC(=O)[C@H](CC(=O)NCc2ccc(Cl)cc2)S1. The van der Waals surface area contributed by atoms with Crippen LogP contribution in [0.3, 0.4) is 0 Å². The second-order valence-corrected chi connectivity index (χ2v) is 7.02. The molecule has 1 aliphatic heterocycles. The molecule has 1 heterocycles. The molecule has 2 amide bonds. The number of amidine groups is 1. The Morgan fingerprint density at radius 3 is 2.78 bits per heavy atom. The van der Waals surface area contributed by atoms with Crippen molar-refractivity contribution >= 4 is 40.3 Å². The number of rotatable bonds is 6. The van der Waals surface area contributed by atoms with Crippen LogP contribution >= 0.6 is 23.4 Å². The summed E-state index contributed by atoms with van der Waals surface area (Å²) in [6.07, 6.45) is 1.05. The van der Waals surface area contributed by atoms with E-state index in [0.29, 0.717) is 16.7 Å². The quantitative estimate of drug-likeness (QED) is 0.826. The smallest absolute Gasteiger partial charge is 0.240 e. The second kappa shape index (κ2) is 8.36. The van der Waals surface area contributed by atoms with Gasteiger partial charge in [0.1, 0.15) is 5.25 Å². The monoisotopic (exact) mass is 353 g/mol. The van der Waals surface area contributed by atoms with Crippen LogP contribution in [0.4, 0.5) is 0 Å². The maximum atomic E-state index is 12.0. The van der Waals surface area contributed by atoms with Crippen molar-refractivity contribution in [3.05, 3.63) is 34.9 Å². The number of nitrogens with one attached hydrogen (secondary N) is 2. The zero-order valence-corrected chi connectivity index (χ0v) is 14.7. The van der Waals surface area contributed by atoms with Gasteiger partial charge in [-0.05, 0) is 31.0 Å². The van der Waals surface area contributed by atoms with Gasteiger partial charge in [-0.15, -0.1) is 0 Å². The van der Waals surface area contributed by atoms with Gasteiger partial charge in [-0.1, -0.05) is 42.4 Å². The fraction of sp³-hybridized carbons (Fsp3) is 0.438. The van der Waals surface area contributed by atoms with Crippen LogP contribution in [0.1, 0.15) is 32.3 Å². The molecule has 0 radical (unpaired) electrons. The summed E-state index contributed by atoms with van der Waals surface area (Å²) in [4.78, 5) is 28.3. The molecule has 0 saturated carbocycles. The first-order valence-electron chi connectivity index (χ1n) is 7.54. The fourth-order valence-electron chi connectivity index (χ4n) is 1.94. The van der Waals surface area contributed by atoms with E-state index < -0.39 is 5.25 Å². The summed E-state index contributed by atoms with van der Waals surface area (Å²) in [6, 6.07) is 7.44. The summed E-state index contributed by atoms with van der Waals surface area (Å²) in [6.45, 7) is 4.45. The second-order valence-electron chi connectivity index (χ2n) is 5.39. The van der Waals surface area contributed by atoms with Crippen molar-refractivity contribution in [1.29, 1.82) is 0 Å². The van der Waals surface area contributed by atoms with Gasteiger partial charge in [-0.2, -0.15) is 0 Å². The number of hydrogen-bond donors (Lipinski definition) is 2. The lowest BCUT2D eigenvalue weighted by Gasteiger charge is -2.07. The Bertz CT molecular complexity index is 604. The molecule has 0 unspecified atom stereocenters. The summed E-state index contributed by atoms with van der Waals surface area (Å²) in [5, 5.41) is 6.41. The standard InChI is InChI=1S/C16H20ClN3O2S/c1-3-10(2)19-16-20-15(22)13(23-16)8-14(21)18-9-11-4-6-12(17)7-5-11/h4-7,10,13H,3,8-9H2,1-2H3,(H,18,21)(H,19,20,22)/t10-,13-/m0/s1. The number of hydrogen-bond acceptors (Lipinski definition) is 4. The van der Waals surface area contributed by atoms with Gasteiger partial charge in [0.2, 0.25) is 11.8 Å².